The van der Waals surface area contributed by atoms with Crippen molar-refractivity contribution in [3.63, 3.8) is 0 Å². The first-order chi connectivity index (χ1) is 8.58. The summed E-state index contributed by atoms with van der Waals surface area (Å²) in [6.07, 6.45) is 1.00. The normalized spacial score (nSPS) is 18.9. The van der Waals surface area contributed by atoms with Gasteiger partial charge >= 0.3 is 0 Å². The highest BCUT2D eigenvalue weighted by Gasteiger charge is 2.22. The molecule has 0 saturated carbocycles. The summed E-state index contributed by atoms with van der Waals surface area (Å²) in [7, 11) is 1.62. The Kier molecular flexibility index (Phi) is 3.91. The molecule has 1 atom stereocenters. The van der Waals surface area contributed by atoms with Crippen LogP contribution in [0, 0.1) is 17.6 Å². The molecule has 0 radical (unpaired) electrons. The van der Waals surface area contributed by atoms with Gasteiger partial charge in [-0.15, -0.1) is 0 Å². The molecule has 18 heavy (non-hydrogen) atoms. The lowest BCUT2D eigenvalue weighted by atomic mass is 10.1. The van der Waals surface area contributed by atoms with Crippen molar-refractivity contribution in [3.05, 3.63) is 35.4 Å². The second kappa shape index (κ2) is 5.44. The fourth-order valence-electron chi connectivity index (χ4n) is 2.21. The predicted octanol–water partition coefficient (Wildman–Crippen LogP) is 1.65. The van der Waals surface area contributed by atoms with Crippen molar-refractivity contribution in [2.24, 2.45) is 5.92 Å². The Hall–Kier alpha value is -1.49. The van der Waals surface area contributed by atoms with E-state index in [2.05, 4.69) is 5.32 Å². The lowest BCUT2D eigenvalue weighted by Gasteiger charge is -2.21. The molecule has 1 heterocycles. The van der Waals surface area contributed by atoms with Crippen LogP contribution in [-0.2, 0) is 0 Å². The van der Waals surface area contributed by atoms with E-state index in [1.165, 1.54) is 4.90 Å². The molecule has 0 bridgehead atoms. The topological polar surface area (TPSA) is 32.3 Å². The highest BCUT2D eigenvalue weighted by molar-refractivity contribution is 5.94. The van der Waals surface area contributed by atoms with Gasteiger partial charge in [-0.05, 0) is 43.6 Å². The van der Waals surface area contributed by atoms with E-state index < -0.39 is 17.5 Å². The van der Waals surface area contributed by atoms with Crippen LogP contribution in [0.15, 0.2) is 18.2 Å². The molecule has 0 aliphatic carbocycles. The van der Waals surface area contributed by atoms with E-state index in [0.29, 0.717) is 12.5 Å². The van der Waals surface area contributed by atoms with Gasteiger partial charge in [0.05, 0.1) is 5.56 Å². The SMILES string of the molecule is CN(CC1CCNC1)C(=O)c1cc(F)ccc1F. The van der Waals surface area contributed by atoms with Crippen molar-refractivity contribution in [3.8, 4) is 0 Å². The van der Waals surface area contributed by atoms with Crippen molar-refractivity contribution in [2.45, 2.75) is 6.42 Å². The average Bonchev–Trinajstić information content (AvgIpc) is 2.84. The van der Waals surface area contributed by atoms with Gasteiger partial charge in [0.25, 0.3) is 5.91 Å². The first-order valence-electron chi connectivity index (χ1n) is 5.99. The molecule has 1 aromatic rings. The van der Waals surface area contributed by atoms with Crippen LogP contribution in [0.3, 0.4) is 0 Å². The lowest BCUT2D eigenvalue weighted by molar-refractivity contribution is 0.0771. The number of nitrogens with one attached hydrogen (secondary N) is 1. The predicted molar refractivity (Wildman–Crippen MR) is 64.3 cm³/mol. The minimum Gasteiger partial charge on any atom is -0.341 e. The molecule has 0 aromatic heterocycles. The maximum absolute atomic E-state index is 13.5. The minimum atomic E-state index is -0.683. The Labute approximate surface area is 105 Å². The van der Waals surface area contributed by atoms with Gasteiger partial charge in [-0.1, -0.05) is 0 Å². The summed E-state index contributed by atoms with van der Waals surface area (Å²) < 4.78 is 26.5. The third kappa shape index (κ3) is 2.85. The third-order valence-corrected chi connectivity index (χ3v) is 3.20. The summed E-state index contributed by atoms with van der Waals surface area (Å²) in [6, 6.07) is 2.93. The molecule has 5 heteroatoms. The minimum absolute atomic E-state index is 0.205. The van der Waals surface area contributed by atoms with Gasteiger partial charge in [-0.2, -0.15) is 0 Å². The summed E-state index contributed by atoms with van der Waals surface area (Å²) in [5, 5.41) is 3.20. The Bertz CT molecular complexity index is 445. The van der Waals surface area contributed by atoms with Gasteiger partial charge in [0.1, 0.15) is 11.6 Å². The van der Waals surface area contributed by atoms with E-state index in [1.54, 1.807) is 7.05 Å². The zero-order valence-electron chi connectivity index (χ0n) is 10.2. The molecule has 0 spiro atoms. The summed E-state index contributed by atoms with van der Waals surface area (Å²) in [5.74, 6) is -1.37. The molecule has 2 rings (SSSR count). The number of hydrogen-bond acceptors (Lipinski definition) is 2. The van der Waals surface area contributed by atoms with E-state index in [1.807, 2.05) is 0 Å². The monoisotopic (exact) mass is 254 g/mol. The van der Waals surface area contributed by atoms with E-state index >= 15 is 0 Å². The Morgan fingerprint density at radius 1 is 1.50 bits per heavy atom. The molecule has 1 aromatic carbocycles. The first kappa shape index (κ1) is 13.0. The molecule has 98 valence electrons. The fraction of sp³-hybridized carbons (Fsp3) is 0.462. The number of carbonyl (C=O) groups is 1. The van der Waals surface area contributed by atoms with Crippen LogP contribution in [0.25, 0.3) is 0 Å². The van der Waals surface area contributed by atoms with Crippen LogP contribution in [0.4, 0.5) is 8.78 Å². The lowest BCUT2D eigenvalue weighted by Crippen LogP contribution is -2.33. The molecule has 1 amide bonds. The van der Waals surface area contributed by atoms with Crippen LogP contribution in [0.5, 0.6) is 0 Å². The van der Waals surface area contributed by atoms with Crippen molar-refractivity contribution >= 4 is 5.91 Å². The third-order valence-electron chi connectivity index (χ3n) is 3.20. The smallest absolute Gasteiger partial charge is 0.256 e. The Balaban J connectivity index is 2.07. The van der Waals surface area contributed by atoms with E-state index in [0.717, 1.165) is 37.7 Å². The second-order valence-electron chi connectivity index (χ2n) is 4.67. The van der Waals surface area contributed by atoms with E-state index in [4.69, 9.17) is 0 Å². The molecule has 1 N–H and O–H groups in total. The van der Waals surface area contributed by atoms with E-state index in [-0.39, 0.29) is 5.56 Å². The van der Waals surface area contributed by atoms with E-state index in [9.17, 15) is 13.6 Å². The van der Waals surface area contributed by atoms with Crippen molar-refractivity contribution in [1.82, 2.24) is 10.2 Å². The zero-order valence-corrected chi connectivity index (χ0v) is 10.2. The van der Waals surface area contributed by atoms with Crippen LogP contribution in [0.1, 0.15) is 16.8 Å². The van der Waals surface area contributed by atoms with Crippen molar-refractivity contribution < 1.29 is 13.6 Å². The molecular weight excluding hydrogens is 238 g/mol. The number of halogens is 2. The first-order valence-corrected chi connectivity index (χ1v) is 5.99. The summed E-state index contributed by atoms with van der Waals surface area (Å²) in [5.41, 5.74) is -0.205. The zero-order chi connectivity index (χ0) is 13.1. The van der Waals surface area contributed by atoms with Crippen LogP contribution in [0.2, 0.25) is 0 Å². The Morgan fingerprint density at radius 3 is 2.94 bits per heavy atom. The summed E-state index contributed by atoms with van der Waals surface area (Å²) in [4.78, 5) is 13.5. The maximum atomic E-state index is 13.5. The second-order valence-corrected chi connectivity index (χ2v) is 4.67. The van der Waals surface area contributed by atoms with Gasteiger partial charge < -0.3 is 10.2 Å². The number of nitrogens with zero attached hydrogens (tertiary/aromatic N) is 1. The largest absolute Gasteiger partial charge is 0.341 e. The van der Waals surface area contributed by atoms with Crippen molar-refractivity contribution in [2.75, 3.05) is 26.7 Å². The van der Waals surface area contributed by atoms with Crippen LogP contribution < -0.4 is 5.32 Å². The van der Waals surface area contributed by atoms with Crippen molar-refractivity contribution in [1.29, 1.82) is 0 Å². The number of carbonyl (C=O) groups excluding carboxylic acids is 1. The molecule has 3 nitrogen and oxygen atoms in total. The van der Waals surface area contributed by atoms with Crippen LogP contribution >= 0.6 is 0 Å². The molecule has 1 fully saturated rings. The van der Waals surface area contributed by atoms with Gasteiger partial charge in [0.15, 0.2) is 0 Å². The molecule has 1 saturated heterocycles. The number of amides is 1. The maximum Gasteiger partial charge on any atom is 0.256 e. The standard InChI is InChI=1S/C13H16F2N2O/c1-17(8-9-4-5-16-7-9)13(18)11-6-10(14)2-3-12(11)15/h2-3,6,9,16H,4-5,7-8H2,1H3. The van der Waals surface area contributed by atoms with Gasteiger partial charge in [0.2, 0.25) is 0 Å². The number of rotatable bonds is 3. The number of benzene rings is 1. The molecule has 1 unspecified atom stereocenters. The van der Waals surface area contributed by atoms with Crippen LogP contribution in [-0.4, -0.2) is 37.5 Å². The molecular formula is C13H16F2N2O. The molecule has 1 aliphatic rings. The van der Waals surface area contributed by atoms with Gasteiger partial charge in [-0.3, -0.25) is 4.79 Å². The summed E-state index contributed by atoms with van der Waals surface area (Å²) in [6.45, 7) is 2.37. The summed E-state index contributed by atoms with van der Waals surface area (Å²) >= 11 is 0. The highest BCUT2D eigenvalue weighted by atomic mass is 19.1. The van der Waals surface area contributed by atoms with Gasteiger partial charge in [0, 0.05) is 13.6 Å². The molecule has 1 aliphatic heterocycles. The Morgan fingerprint density at radius 2 is 2.28 bits per heavy atom. The highest BCUT2D eigenvalue weighted by Crippen LogP contribution is 2.14. The quantitative estimate of drug-likeness (QED) is 0.889. The average molecular weight is 254 g/mol. The van der Waals surface area contributed by atoms with Gasteiger partial charge in [-0.25, -0.2) is 8.78 Å². The number of hydrogen-bond donors (Lipinski definition) is 1. The fourth-order valence-corrected chi connectivity index (χ4v) is 2.21.